The molecule has 0 bridgehead atoms. The molecule has 0 spiro atoms. The Morgan fingerprint density at radius 2 is 1.56 bits per heavy atom. The van der Waals surface area contributed by atoms with E-state index in [1.165, 1.54) is 11.8 Å². The standard InChI is InChI=1S/C28H31BrN2O2S/c1-21(2)18-30-28(33)26(17-22-10-5-3-6-11-22)31(19-23-12-9-13-24(29)16-23)27(32)20-34-25-14-7-4-8-15-25/h3-16,21,26H,17-20H2,1-2H3,(H,30,33)/t26-/m1/s1. The van der Waals surface area contributed by atoms with Gasteiger partial charge in [0.25, 0.3) is 0 Å². The summed E-state index contributed by atoms with van der Waals surface area (Å²) in [6.45, 7) is 5.06. The molecule has 1 N–H and O–H groups in total. The summed E-state index contributed by atoms with van der Waals surface area (Å²) in [6, 6.07) is 27.0. The van der Waals surface area contributed by atoms with E-state index in [2.05, 4.69) is 35.1 Å². The van der Waals surface area contributed by atoms with Crippen LogP contribution in [-0.2, 0) is 22.6 Å². The van der Waals surface area contributed by atoms with Gasteiger partial charge in [-0.05, 0) is 41.3 Å². The lowest BCUT2D eigenvalue weighted by Crippen LogP contribution is -2.51. The molecule has 0 saturated carbocycles. The normalized spacial score (nSPS) is 11.8. The van der Waals surface area contributed by atoms with Crippen LogP contribution in [0.3, 0.4) is 0 Å². The van der Waals surface area contributed by atoms with Gasteiger partial charge < -0.3 is 10.2 Å². The summed E-state index contributed by atoms with van der Waals surface area (Å²) in [6.07, 6.45) is 0.459. The molecule has 3 rings (SSSR count). The van der Waals surface area contributed by atoms with Gasteiger partial charge in [0.05, 0.1) is 5.75 Å². The largest absolute Gasteiger partial charge is 0.354 e. The zero-order valence-electron chi connectivity index (χ0n) is 19.6. The molecule has 0 saturated heterocycles. The molecule has 0 aliphatic carbocycles. The Morgan fingerprint density at radius 3 is 2.21 bits per heavy atom. The van der Waals surface area contributed by atoms with E-state index in [0.29, 0.717) is 25.4 Å². The fourth-order valence-electron chi connectivity index (χ4n) is 3.55. The Labute approximate surface area is 215 Å². The minimum absolute atomic E-state index is 0.0607. The molecule has 6 heteroatoms. The van der Waals surface area contributed by atoms with Crippen LogP contribution in [0.25, 0.3) is 0 Å². The number of nitrogens with zero attached hydrogens (tertiary/aromatic N) is 1. The van der Waals surface area contributed by atoms with E-state index in [1.54, 1.807) is 4.90 Å². The number of thioether (sulfide) groups is 1. The third kappa shape index (κ3) is 8.33. The van der Waals surface area contributed by atoms with Crippen LogP contribution in [0, 0.1) is 5.92 Å². The van der Waals surface area contributed by atoms with E-state index in [9.17, 15) is 9.59 Å². The SMILES string of the molecule is CC(C)CNC(=O)[C@@H](Cc1ccccc1)N(Cc1cccc(Br)c1)C(=O)CSc1ccccc1. The van der Waals surface area contributed by atoms with Gasteiger partial charge in [-0.2, -0.15) is 0 Å². The van der Waals surface area contributed by atoms with E-state index in [0.717, 1.165) is 20.5 Å². The Bertz CT molecular complexity index is 1060. The number of nitrogens with one attached hydrogen (secondary N) is 1. The highest BCUT2D eigenvalue weighted by Crippen LogP contribution is 2.22. The first kappa shape index (κ1) is 26.0. The first-order valence-corrected chi connectivity index (χ1v) is 13.2. The minimum Gasteiger partial charge on any atom is -0.354 e. The van der Waals surface area contributed by atoms with E-state index in [4.69, 9.17) is 0 Å². The van der Waals surface area contributed by atoms with Crippen LogP contribution in [0.1, 0.15) is 25.0 Å². The molecule has 0 fully saturated rings. The molecule has 3 aromatic carbocycles. The Kier molecular flexibility index (Phi) is 10.2. The van der Waals surface area contributed by atoms with Gasteiger partial charge in [-0.15, -0.1) is 11.8 Å². The van der Waals surface area contributed by atoms with E-state index < -0.39 is 6.04 Å². The summed E-state index contributed by atoms with van der Waals surface area (Å²) >= 11 is 5.02. The van der Waals surface area contributed by atoms with Crippen LogP contribution in [0.5, 0.6) is 0 Å². The second kappa shape index (κ2) is 13.4. The zero-order chi connectivity index (χ0) is 24.3. The Morgan fingerprint density at radius 1 is 0.912 bits per heavy atom. The number of hydrogen-bond acceptors (Lipinski definition) is 3. The number of carbonyl (C=O) groups is 2. The van der Waals surface area contributed by atoms with Crippen molar-refractivity contribution in [2.24, 2.45) is 5.92 Å². The predicted octanol–water partition coefficient (Wildman–Crippen LogP) is 5.95. The molecule has 0 unspecified atom stereocenters. The summed E-state index contributed by atoms with van der Waals surface area (Å²) in [5, 5.41) is 3.06. The predicted molar refractivity (Wildman–Crippen MR) is 144 cm³/mol. The second-order valence-corrected chi connectivity index (χ2v) is 10.6. The molecule has 0 aromatic heterocycles. The van der Waals surface area contributed by atoms with Gasteiger partial charge in [0, 0.05) is 28.9 Å². The van der Waals surface area contributed by atoms with Crippen molar-refractivity contribution in [3.63, 3.8) is 0 Å². The van der Waals surface area contributed by atoms with Gasteiger partial charge in [-0.3, -0.25) is 9.59 Å². The zero-order valence-corrected chi connectivity index (χ0v) is 22.0. The van der Waals surface area contributed by atoms with E-state index >= 15 is 0 Å². The van der Waals surface area contributed by atoms with Crippen molar-refractivity contribution < 1.29 is 9.59 Å². The van der Waals surface area contributed by atoms with Crippen molar-refractivity contribution in [1.29, 1.82) is 0 Å². The number of carbonyl (C=O) groups excluding carboxylic acids is 2. The average molecular weight is 540 g/mol. The number of hydrogen-bond donors (Lipinski definition) is 1. The Hall–Kier alpha value is -2.57. The van der Waals surface area contributed by atoms with Gasteiger partial charge in [0.15, 0.2) is 0 Å². The van der Waals surface area contributed by atoms with E-state index in [1.807, 2.05) is 84.9 Å². The lowest BCUT2D eigenvalue weighted by atomic mass is 10.0. The highest BCUT2D eigenvalue weighted by molar-refractivity contribution is 9.10. The molecule has 178 valence electrons. The van der Waals surface area contributed by atoms with Gasteiger partial charge in [-0.25, -0.2) is 0 Å². The molecule has 4 nitrogen and oxygen atoms in total. The van der Waals surface area contributed by atoms with Crippen molar-refractivity contribution in [2.45, 2.75) is 37.8 Å². The van der Waals surface area contributed by atoms with Crippen LogP contribution in [0.4, 0.5) is 0 Å². The highest BCUT2D eigenvalue weighted by atomic mass is 79.9. The summed E-state index contributed by atoms with van der Waals surface area (Å²) in [5.41, 5.74) is 2.00. The lowest BCUT2D eigenvalue weighted by molar-refractivity contribution is -0.139. The molecule has 2 amide bonds. The van der Waals surface area contributed by atoms with Crippen molar-refractivity contribution in [2.75, 3.05) is 12.3 Å². The van der Waals surface area contributed by atoms with Crippen LogP contribution < -0.4 is 5.32 Å². The number of amides is 2. The first-order chi connectivity index (χ1) is 16.4. The highest BCUT2D eigenvalue weighted by Gasteiger charge is 2.30. The smallest absolute Gasteiger partial charge is 0.243 e. The molecule has 0 radical (unpaired) electrons. The Balaban J connectivity index is 1.89. The van der Waals surface area contributed by atoms with Crippen LogP contribution >= 0.6 is 27.7 Å². The summed E-state index contributed by atoms with van der Waals surface area (Å²) in [4.78, 5) is 29.8. The maximum atomic E-state index is 13.6. The molecule has 0 heterocycles. The summed E-state index contributed by atoms with van der Waals surface area (Å²) < 4.78 is 0.944. The molecular formula is C28H31BrN2O2S. The van der Waals surface area contributed by atoms with Gasteiger partial charge in [0.2, 0.25) is 11.8 Å². The van der Waals surface area contributed by atoms with Gasteiger partial charge >= 0.3 is 0 Å². The molecule has 0 aliphatic rings. The van der Waals surface area contributed by atoms with Crippen molar-refractivity contribution >= 4 is 39.5 Å². The molecule has 1 atom stereocenters. The van der Waals surface area contributed by atoms with Crippen molar-refractivity contribution in [3.05, 3.63) is 101 Å². The minimum atomic E-state index is -0.607. The quantitative estimate of drug-likeness (QED) is 0.306. The first-order valence-electron chi connectivity index (χ1n) is 11.5. The third-order valence-corrected chi connectivity index (χ3v) is 6.79. The fourth-order valence-corrected chi connectivity index (χ4v) is 4.81. The topological polar surface area (TPSA) is 49.4 Å². The molecule has 0 aliphatic heterocycles. The van der Waals surface area contributed by atoms with Crippen molar-refractivity contribution in [1.82, 2.24) is 10.2 Å². The number of halogens is 1. The maximum Gasteiger partial charge on any atom is 0.243 e. The van der Waals surface area contributed by atoms with Crippen molar-refractivity contribution in [3.8, 4) is 0 Å². The maximum absolute atomic E-state index is 13.6. The summed E-state index contributed by atoms with van der Waals surface area (Å²) in [7, 11) is 0. The monoisotopic (exact) mass is 538 g/mol. The fraction of sp³-hybridized carbons (Fsp3) is 0.286. The lowest BCUT2D eigenvalue weighted by Gasteiger charge is -2.32. The van der Waals surface area contributed by atoms with Crippen LogP contribution in [0.15, 0.2) is 94.3 Å². The number of rotatable bonds is 11. The van der Waals surface area contributed by atoms with Crippen LogP contribution in [-0.4, -0.2) is 35.1 Å². The van der Waals surface area contributed by atoms with Gasteiger partial charge in [0.1, 0.15) is 6.04 Å². The molecule has 34 heavy (non-hydrogen) atoms. The average Bonchev–Trinajstić information content (AvgIpc) is 2.84. The molecule has 3 aromatic rings. The number of benzene rings is 3. The van der Waals surface area contributed by atoms with Crippen LogP contribution in [0.2, 0.25) is 0 Å². The summed E-state index contributed by atoms with van der Waals surface area (Å²) in [5.74, 6) is 0.407. The second-order valence-electron chi connectivity index (χ2n) is 8.60. The van der Waals surface area contributed by atoms with Gasteiger partial charge in [-0.1, -0.05) is 90.4 Å². The van der Waals surface area contributed by atoms with E-state index in [-0.39, 0.29) is 17.6 Å². The third-order valence-electron chi connectivity index (χ3n) is 5.30. The molecular weight excluding hydrogens is 508 g/mol.